The van der Waals surface area contributed by atoms with Gasteiger partial charge in [0.05, 0.1) is 23.7 Å². The van der Waals surface area contributed by atoms with E-state index in [-0.39, 0.29) is 12.5 Å². The number of aryl methyl sites for hydroxylation is 1. The Morgan fingerprint density at radius 2 is 2.08 bits per heavy atom. The number of carbonyl (C=O) groups excluding carboxylic acids is 2. The summed E-state index contributed by atoms with van der Waals surface area (Å²) in [5.74, 6) is 0.153. The molecule has 38 heavy (non-hydrogen) atoms. The van der Waals surface area contributed by atoms with Crippen molar-refractivity contribution in [3.63, 3.8) is 0 Å². The van der Waals surface area contributed by atoms with Crippen molar-refractivity contribution in [2.24, 2.45) is 5.73 Å². The molecule has 1 aromatic carbocycles. The Bertz CT molecular complexity index is 1360. The highest BCUT2D eigenvalue weighted by molar-refractivity contribution is 6.36. The SMILES string of the molecule is CCCCOC(=O)N1CCN(C(=O)c2ccc3c(Cl)c4c(nc3c2)CC(c2ncccc2C)CC4)C[C@H]1N. The van der Waals surface area contributed by atoms with Gasteiger partial charge in [-0.1, -0.05) is 37.1 Å². The van der Waals surface area contributed by atoms with E-state index in [9.17, 15) is 9.59 Å². The van der Waals surface area contributed by atoms with Crippen molar-refractivity contribution in [2.45, 2.75) is 58.0 Å². The van der Waals surface area contributed by atoms with Gasteiger partial charge in [-0.2, -0.15) is 0 Å². The topological polar surface area (TPSA) is 102 Å². The molecular weight excluding hydrogens is 502 g/mol. The van der Waals surface area contributed by atoms with Crippen molar-refractivity contribution in [1.82, 2.24) is 19.8 Å². The molecule has 1 unspecified atom stereocenters. The number of benzene rings is 1. The number of amides is 2. The van der Waals surface area contributed by atoms with Gasteiger partial charge in [-0.3, -0.25) is 19.7 Å². The van der Waals surface area contributed by atoms with Gasteiger partial charge in [-0.15, -0.1) is 0 Å². The molecule has 1 fully saturated rings. The second-order valence-corrected chi connectivity index (χ2v) is 10.6. The third kappa shape index (κ3) is 5.20. The lowest BCUT2D eigenvalue weighted by molar-refractivity contribution is 0.0386. The van der Waals surface area contributed by atoms with Gasteiger partial charge in [0.2, 0.25) is 0 Å². The lowest BCUT2D eigenvalue weighted by Gasteiger charge is -2.38. The number of ether oxygens (including phenoxy) is 1. The van der Waals surface area contributed by atoms with E-state index in [2.05, 4.69) is 18.0 Å². The first-order valence-corrected chi connectivity index (χ1v) is 13.8. The summed E-state index contributed by atoms with van der Waals surface area (Å²) in [6.07, 6.45) is 5.16. The third-order valence-corrected chi connectivity index (χ3v) is 8.06. The number of unbranched alkanes of at least 4 members (excludes halogenated alkanes) is 1. The number of nitrogens with two attached hydrogens (primary N) is 1. The second kappa shape index (κ2) is 11.3. The molecule has 2 amide bonds. The summed E-state index contributed by atoms with van der Waals surface area (Å²) in [6, 6.07) is 9.55. The molecule has 0 bridgehead atoms. The molecular formula is C29H34ClN5O3. The number of aromatic nitrogens is 2. The molecule has 0 saturated carbocycles. The van der Waals surface area contributed by atoms with Crippen LogP contribution in [0.15, 0.2) is 36.5 Å². The summed E-state index contributed by atoms with van der Waals surface area (Å²) in [5, 5.41) is 1.57. The van der Waals surface area contributed by atoms with Crippen LogP contribution in [0.1, 0.15) is 65.0 Å². The lowest BCUT2D eigenvalue weighted by Crippen LogP contribution is -2.60. The van der Waals surface area contributed by atoms with E-state index in [1.807, 2.05) is 31.3 Å². The average molecular weight is 536 g/mol. The summed E-state index contributed by atoms with van der Waals surface area (Å²) >= 11 is 6.86. The van der Waals surface area contributed by atoms with Crippen molar-refractivity contribution in [1.29, 1.82) is 0 Å². The van der Waals surface area contributed by atoms with Crippen LogP contribution in [0, 0.1) is 6.92 Å². The number of fused-ring (bicyclic) bond motifs is 2. The van der Waals surface area contributed by atoms with Gasteiger partial charge in [0.25, 0.3) is 5.91 Å². The highest BCUT2D eigenvalue weighted by Crippen LogP contribution is 2.38. The Balaban J connectivity index is 1.33. The van der Waals surface area contributed by atoms with Crippen LogP contribution in [0.25, 0.3) is 10.9 Å². The van der Waals surface area contributed by atoms with Crippen molar-refractivity contribution in [3.05, 3.63) is 69.6 Å². The molecule has 3 heterocycles. The number of hydrogen-bond donors (Lipinski definition) is 1. The van der Waals surface area contributed by atoms with Gasteiger partial charge in [0.15, 0.2) is 0 Å². The summed E-state index contributed by atoms with van der Waals surface area (Å²) in [5.41, 5.74) is 11.9. The Hall–Kier alpha value is -3.23. The molecule has 2 atom stereocenters. The Labute approximate surface area is 228 Å². The first-order chi connectivity index (χ1) is 18.4. The van der Waals surface area contributed by atoms with E-state index < -0.39 is 12.3 Å². The molecule has 0 spiro atoms. The first-order valence-electron chi connectivity index (χ1n) is 13.4. The summed E-state index contributed by atoms with van der Waals surface area (Å²) < 4.78 is 5.30. The van der Waals surface area contributed by atoms with E-state index >= 15 is 0 Å². The van der Waals surface area contributed by atoms with Gasteiger partial charge in [0, 0.05) is 47.5 Å². The van der Waals surface area contributed by atoms with Crippen LogP contribution in [0.2, 0.25) is 5.02 Å². The van der Waals surface area contributed by atoms with Gasteiger partial charge in [-0.25, -0.2) is 4.79 Å². The van der Waals surface area contributed by atoms with Crippen molar-refractivity contribution in [2.75, 3.05) is 26.2 Å². The minimum Gasteiger partial charge on any atom is -0.449 e. The molecule has 2 N–H and O–H groups in total. The van der Waals surface area contributed by atoms with Crippen LogP contribution < -0.4 is 5.73 Å². The molecule has 3 aromatic rings. The van der Waals surface area contributed by atoms with Crippen LogP contribution in [0.5, 0.6) is 0 Å². The normalized spacial score (nSPS) is 19.4. The molecule has 0 radical (unpaired) electrons. The maximum atomic E-state index is 13.4. The molecule has 1 aliphatic heterocycles. The molecule has 9 heteroatoms. The monoisotopic (exact) mass is 535 g/mol. The Morgan fingerprint density at radius 1 is 1.24 bits per heavy atom. The molecule has 200 valence electrons. The fourth-order valence-electron chi connectivity index (χ4n) is 5.47. The maximum Gasteiger partial charge on any atom is 0.411 e. The number of pyridine rings is 2. The smallest absolute Gasteiger partial charge is 0.411 e. The van der Waals surface area contributed by atoms with Crippen molar-refractivity contribution in [3.8, 4) is 0 Å². The molecule has 5 rings (SSSR count). The molecule has 8 nitrogen and oxygen atoms in total. The van der Waals surface area contributed by atoms with Crippen LogP contribution in [-0.2, 0) is 17.6 Å². The van der Waals surface area contributed by atoms with E-state index in [0.717, 1.165) is 59.5 Å². The van der Waals surface area contributed by atoms with E-state index in [4.69, 9.17) is 27.1 Å². The number of carbonyl (C=O) groups is 2. The van der Waals surface area contributed by atoms with Crippen molar-refractivity contribution < 1.29 is 14.3 Å². The van der Waals surface area contributed by atoms with Crippen LogP contribution in [0.4, 0.5) is 4.79 Å². The minimum atomic E-state index is -0.617. The Kier molecular flexibility index (Phi) is 7.81. The van der Waals surface area contributed by atoms with E-state index in [1.54, 1.807) is 11.0 Å². The van der Waals surface area contributed by atoms with E-state index in [1.165, 1.54) is 10.5 Å². The highest BCUT2D eigenvalue weighted by Gasteiger charge is 2.32. The number of nitrogens with zero attached hydrogens (tertiary/aromatic N) is 4. The zero-order chi connectivity index (χ0) is 26.8. The first kappa shape index (κ1) is 26.4. The summed E-state index contributed by atoms with van der Waals surface area (Å²) in [6.45, 7) is 5.46. The van der Waals surface area contributed by atoms with Crippen LogP contribution in [-0.4, -0.2) is 64.2 Å². The highest BCUT2D eigenvalue weighted by atomic mass is 35.5. The zero-order valence-electron chi connectivity index (χ0n) is 22.0. The zero-order valence-corrected chi connectivity index (χ0v) is 22.7. The summed E-state index contributed by atoms with van der Waals surface area (Å²) in [4.78, 5) is 38.5. The quantitative estimate of drug-likeness (QED) is 0.469. The van der Waals surface area contributed by atoms with Gasteiger partial charge >= 0.3 is 6.09 Å². The van der Waals surface area contributed by atoms with Crippen molar-refractivity contribution >= 4 is 34.5 Å². The second-order valence-electron chi connectivity index (χ2n) is 10.2. The fourth-order valence-corrected chi connectivity index (χ4v) is 5.83. The Morgan fingerprint density at radius 3 is 2.84 bits per heavy atom. The lowest BCUT2D eigenvalue weighted by atomic mass is 9.83. The van der Waals surface area contributed by atoms with Gasteiger partial charge in [0.1, 0.15) is 6.17 Å². The molecule has 1 saturated heterocycles. The van der Waals surface area contributed by atoms with Crippen LogP contribution in [0.3, 0.4) is 0 Å². The molecule has 2 aliphatic rings. The molecule has 1 aliphatic carbocycles. The standard InChI is InChI=1S/C29H34ClN5O3/c1-3-4-14-38-29(37)35-13-12-34(17-25(35)31)28(36)20-8-10-22-24(16-20)33-23-15-19(7-9-21(23)26(22)30)27-18(2)6-5-11-32-27/h5-6,8,10-11,16,19,25H,3-4,7,9,12-15,17,31H2,1-2H3/t19?,25-/m0/s1. The maximum absolute atomic E-state index is 13.4. The predicted molar refractivity (Wildman–Crippen MR) is 147 cm³/mol. The largest absolute Gasteiger partial charge is 0.449 e. The predicted octanol–water partition coefficient (Wildman–Crippen LogP) is 4.84. The number of hydrogen-bond acceptors (Lipinski definition) is 6. The third-order valence-electron chi connectivity index (χ3n) is 7.63. The van der Waals surface area contributed by atoms with Gasteiger partial charge in [-0.05, 0) is 61.9 Å². The number of rotatable bonds is 5. The van der Waals surface area contributed by atoms with Gasteiger partial charge < -0.3 is 15.4 Å². The average Bonchev–Trinajstić information content (AvgIpc) is 2.92. The number of piperazine rings is 1. The van der Waals surface area contributed by atoms with Crippen LogP contribution >= 0.6 is 11.6 Å². The summed E-state index contributed by atoms with van der Waals surface area (Å²) in [7, 11) is 0. The fraction of sp³-hybridized carbons (Fsp3) is 0.448. The minimum absolute atomic E-state index is 0.140. The molecule has 2 aromatic heterocycles. The number of halogens is 1. The van der Waals surface area contributed by atoms with E-state index in [0.29, 0.717) is 36.7 Å².